The van der Waals surface area contributed by atoms with Crippen LogP contribution in [0.4, 0.5) is 0 Å². The van der Waals surface area contributed by atoms with E-state index in [-0.39, 0.29) is 12.4 Å². The van der Waals surface area contributed by atoms with E-state index in [0.717, 1.165) is 10.9 Å². The molecule has 6 heteroatoms. The van der Waals surface area contributed by atoms with Gasteiger partial charge in [-0.25, -0.2) is 4.79 Å². The largest absolute Gasteiger partial charge is 0.507 e. The number of fused-ring (bicyclic) bond motifs is 3. The van der Waals surface area contributed by atoms with Gasteiger partial charge >= 0.3 is 5.97 Å². The van der Waals surface area contributed by atoms with Crippen LogP contribution in [0.25, 0.3) is 32.9 Å². The molecule has 0 unspecified atom stereocenters. The van der Waals surface area contributed by atoms with Gasteiger partial charge in [-0.1, -0.05) is 53.5 Å². The Morgan fingerprint density at radius 3 is 2.48 bits per heavy atom. The third-order valence-corrected chi connectivity index (χ3v) is 5.22. The van der Waals surface area contributed by atoms with Crippen LogP contribution in [0.3, 0.4) is 0 Å². The molecular weight excluding hydrogens is 385 g/mol. The molecule has 0 atom stereocenters. The van der Waals surface area contributed by atoms with E-state index >= 15 is 0 Å². The minimum Gasteiger partial charge on any atom is -0.507 e. The van der Waals surface area contributed by atoms with Crippen molar-refractivity contribution in [2.24, 2.45) is 0 Å². The highest BCUT2D eigenvalue weighted by Gasteiger charge is 2.23. The lowest BCUT2D eigenvalue weighted by Gasteiger charge is -2.06. The zero-order valence-electron chi connectivity index (χ0n) is 14.3. The number of ether oxygens (including phenoxy) is 1. The molecule has 4 nitrogen and oxygen atoms in total. The number of halogens is 2. The average Bonchev–Trinajstić information content (AvgIpc) is 3.04. The highest BCUT2D eigenvalue weighted by Crippen LogP contribution is 2.39. The van der Waals surface area contributed by atoms with E-state index in [1.165, 1.54) is 0 Å². The molecule has 2 N–H and O–H groups in total. The summed E-state index contributed by atoms with van der Waals surface area (Å²) in [5, 5.41) is 13.4. The van der Waals surface area contributed by atoms with Crippen molar-refractivity contribution >= 4 is 50.8 Å². The minimum atomic E-state index is -0.473. The predicted molar refractivity (Wildman–Crippen MR) is 109 cm³/mol. The van der Waals surface area contributed by atoms with Crippen molar-refractivity contribution < 1.29 is 14.6 Å². The molecule has 1 aromatic heterocycles. The highest BCUT2D eigenvalue weighted by molar-refractivity contribution is 6.42. The number of aromatic nitrogens is 1. The van der Waals surface area contributed by atoms with Crippen molar-refractivity contribution in [2.45, 2.75) is 6.92 Å². The molecule has 136 valence electrons. The van der Waals surface area contributed by atoms with Gasteiger partial charge in [0, 0.05) is 21.7 Å². The second kappa shape index (κ2) is 6.80. The summed E-state index contributed by atoms with van der Waals surface area (Å²) in [6.45, 7) is 1.99. The van der Waals surface area contributed by atoms with Crippen LogP contribution in [-0.2, 0) is 4.74 Å². The highest BCUT2D eigenvalue weighted by atomic mass is 35.5. The fourth-order valence-corrected chi connectivity index (χ4v) is 3.59. The molecule has 0 bridgehead atoms. The molecular formula is C21H15Cl2NO3. The summed E-state index contributed by atoms with van der Waals surface area (Å²) in [6, 6.07) is 14.2. The summed E-state index contributed by atoms with van der Waals surface area (Å²) in [6.07, 6.45) is 0. The van der Waals surface area contributed by atoms with E-state index < -0.39 is 5.97 Å². The third kappa shape index (κ3) is 2.91. The van der Waals surface area contributed by atoms with Gasteiger partial charge in [0.15, 0.2) is 0 Å². The fourth-order valence-electron chi connectivity index (χ4n) is 3.29. The molecule has 0 radical (unpaired) electrons. The maximum atomic E-state index is 12.7. The lowest BCUT2D eigenvalue weighted by atomic mass is 10.0. The Hall–Kier alpha value is -2.69. The normalized spacial score (nSPS) is 11.2. The van der Waals surface area contributed by atoms with Crippen molar-refractivity contribution in [1.29, 1.82) is 0 Å². The van der Waals surface area contributed by atoms with Crippen LogP contribution in [0, 0.1) is 0 Å². The van der Waals surface area contributed by atoms with Gasteiger partial charge in [-0.15, -0.1) is 0 Å². The number of phenolic OH excluding ortho intramolecular Hbond substituents is 1. The Morgan fingerprint density at radius 2 is 1.78 bits per heavy atom. The second-order valence-corrected chi connectivity index (χ2v) is 6.90. The van der Waals surface area contributed by atoms with Crippen molar-refractivity contribution in [2.75, 3.05) is 6.61 Å². The second-order valence-electron chi connectivity index (χ2n) is 6.09. The van der Waals surface area contributed by atoms with Gasteiger partial charge < -0.3 is 14.8 Å². The Bertz CT molecular complexity index is 1200. The number of benzene rings is 3. The number of carbonyl (C=O) groups excluding carboxylic acids is 1. The Balaban J connectivity index is 2.10. The Labute approximate surface area is 165 Å². The number of aromatic hydroxyl groups is 1. The summed E-state index contributed by atoms with van der Waals surface area (Å²) in [7, 11) is 0. The first-order valence-corrected chi connectivity index (χ1v) is 9.15. The number of H-pyrrole nitrogens is 1. The summed E-state index contributed by atoms with van der Waals surface area (Å²) < 4.78 is 5.26. The number of phenols is 1. The lowest BCUT2D eigenvalue weighted by Crippen LogP contribution is -2.05. The first-order chi connectivity index (χ1) is 13.0. The van der Waals surface area contributed by atoms with Gasteiger partial charge in [0.25, 0.3) is 0 Å². The zero-order chi connectivity index (χ0) is 19.1. The van der Waals surface area contributed by atoms with Crippen molar-refractivity contribution in [3.8, 4) is 17.0 Å². The zero-order valence-corrected chi connectivity index (χ0v) is 15.9. The number of esters is 1. The molecule has 0 fully saturated rings. The SMILES string of the molecule is CCOC(=O)c1c(-c2ccc(Cl)c(Cl)c2)[nH]c2c1cc(O)c1ccccc12. The number of carbonyl (C=O) groups is 1. The van der Waals surface area contributed by atoms with Gasteiger partial charge in [-0.2, -0.15) is 0 Å². The van der Waals surface area contributed by atoms with E-state index in [2.05, 4.69) is 4.98 Å². The number of hydrogen-bond acceptors (Lipinski definition) is 3. The molecule has 1 heterocycles. The monoisotopic (exact) mass is 399 g/mol. The van der Waals surface area contributed by atoms with E-state index in [0.29, 0.717) is 37.6 Å². The average molecular weight is 400 g/mol. The van der Waals surface area contributed by atoms with Gasteiger partial charge in [-0.05, 0) is 25.1 Å². The topological polar surface area (TPSA) is 62.3 Å². The molecule has 4 rings (SSSR count). The number of aromatic amines is 1. The van der Waals surface area contributed by atoms with Gasteiger partial charge in [0.05, 0.1) is 33.4 Å². The summed E-state index contributed by atoms with van der Waals surface area (Å²) in [5.74, 6) is -0.372. The Kier molecular flexibility index (Phi) is 4.46. The molecule has 0 aliphatic rings. The van der Waals surface area contributed by atoms with Crippen LogP contribution in [0.2, 0.25) is 10.0 Å². The van der Waals surface area contributed by atoms with E-state index in [4.69, 9.17) is 27.9 Å². The maximum absolute atomic E-state index is 12.7. The van der Waals surface area contributed by atoms with Crippen molar-refractivity contribution in [1.82, 2.24) is 4.98 Å². The number of hydrogen-bond donors (Lipinski definition) is 2. The molecule has 0 amide bonds. The number of rotatable bonds is 3. The summed E-state index contributed by atoms with van der Waals surface area (Å²) in [5.41, 5.74) is 2.36. The van der Waals surface area contributed by atoms with Crippen LogP contribution >= 0.6 is 23.2 Å². The number of nitrogens with one attached hydrogen (secondary N) is 1. The molecule has 4 aromatic rings. The summed E-state index contributed by atoms with van der Waals surface area (Å²) >= 11 is 12.2. The van der Waals surface area contributed by atoms with Crippen LogP contribution in [0.1, 0.15) is 17.3 Å². The molecule has 0 aliphatic carbocycles. The molecule has 27 heavy (non-hydrogen) atoms. The van der Waals surface area contributed by atoms with Gasteiger partial charge in [0.1, 0.15) is 5.75 Å². The molecule has 0 saturated carbocycles. The van der Waals surface area contributed by atoms with Crippen molar-refractivity contribution in [3.63, 3.8) is 0 Å². The third-order valence-electron chi connectivity index (χ3n) is 4.48. The fraction of sp³-hybridized carbons (Fsp3) is 0.0952. The van der Waals surface area contributed by atoms with Gasteiger partial charge in [-0.3, -0.25) is 0 Å². The Morgan fingerprint density at radius 1 is 1.04 bits per heavy atom. The first-order valence-electron chi connectivity index (χ1n) is 8.40. The van der Waals surface area contributed by atoms with E-state index in [1.54, 1.807) is 31.2 Å². The van der Waals surface area contributed by atoms with Crippen LogP contribution in [0.15, 0.2) is 48.5 Å². The standard InChI is InChI=1S/C21H15Cl2NO3/c1-2-27-21(26)18-14-10-17(25)12-5-3-4-6-13(12)20(14)24-19(18)11-7-8-15(22)16(23)9-11/h3-10,24-25H,2H2,1H3. The summed E-state index contributed by atoms with van der Waals surface area (Å²) in [4.78, 5) is 16.1. The smallest absolute Gasteiger partial charge is 0.340 e. The van der Waals surface area contributed by atoms with Crippen LogP contribution < -0.4 is 0 Å². The quantitative estimate of drug-likeness (QED) is 0.404. The molecule has 0 spiro atoms. The first kappa shape index (κ1) is 17.7. The van der Waals surface area contributed by atoms with Crippen LogP contribution in [0.5, 0.6) is 5.75 Å². The molecule has 0 saturated heterocycles. The van der Waals surface area contributed by atoms with Gasteiger partial charge in [0.2, 0.25) is 0 Å². The lowest BCUT2D eigenvalue weighted by molar-refractivity contribution is 0.0529. The maximum Gasteiger partial charge on any atom is 0.340 e. The minimum absolute atomic E-state index is 0.100. The van der Waals surface area contributed by atoms with Crippen LogP contribution in [-0.4, -0.2) is 22.7 Å². The van der Waals surface area contributed by atoms with E-state index in [9.17, 15) is 9.90 Å². The molecule has 3 aromatic carbocycles. The van der Waals surface area contributed by atoms with E-state index in [1.807, 2.05) is 24.3 Å². The molecule has 0 aliphatic heterocycles. The van der Waals surface area contributed by atoms with Crippen molar-refractivity contribution in [3.05, 3.63) is 64.1 Å². The predicted octanol–water partition coefficient (Wildman–Crippen LogP) is 6.18.